The van der Waals surface area contributed by atoms with Crippen molar-refractivity contribution in [3.8, 4) is 22.3 Å². The number of fused-ring (bicyclic) bond motifs is 6. The third kappa shape index (κ3) is 4.63. The highest BCUT2D eigenvalue weighted by molar-refractivity contribution is 6.25. The fourth-order valence-corrected chi connectivity index (χ4v) is 8.76. The highest BCUT2D eigenvalue weighted by atomic mass is 16.3. The molecule has 0 aliphatic carbocycles. The van der Waals surface area contributed by atoms with Crippen molar-refractivity contribution >= 4 is 93.3 Å². The molecular formula is C52H31NO2. The van der Waals surface area contributed by atoms with Crippen LogP contribution in [0.3, 0.4) is 0 Å². The molecule has 0 bridgehead atoms. The molecule has 0 N–H and O–H groups in total. The summed E-state index contributed by atoms with van der Waals surface area (Å²) in [5, 5.41) is 12.2. The number of furan rings is 2. The average molecular weight is 702 g/mol. The van der Waals surface area contributed by atoms with Crippen molar-refractivity contribution in [1.29, 1.82) is 0 Å². The lowest BCUT2D eigenvalue weighted by Crippen LogP contribution is -2.10. The SMILES string of the molecule is c1cc2ccc3ccc(N(c4ccc(-c5ccc6c(c5)oc5ccccc56)cc4)c4ccc(-c5ccc6c(c5)oc5ccccc56)cc4)c4ccc(c1)c2c34. The minimum Gasteiger partial charge on any atom is -0.456 e. The van der Waals surface area contributed by atoms with Gasteiger partial charge in [-0.05, 0) is 116 Å². The van der Waals surface area contributed by atoms with E-state index in [9.17, 15) is 0 Å². The molecule has 3 nitrogen and oxygen atoms in total. The molecule has 12 aromatic rings. The van der Waals surface area contributed by atoms with Crippen LogP contribution in [0.1, 0.15) is 0 Å². The summed E-state index contributed by atoms with van der Waals surface area (Å²) >= 11 is 0. The van der Waals surface area contributed by atoms with Gasteiger partial charge in [-0.3, -0.25) is 0 Å². The van der Waals surface area contributed by atoms with Gasteiger partial charge in [-0.15, -0.1) is 0 Å². The second-order valence-electron chi connectivity index (χ2n) is 14.5. The summed E-state index contributed by atoms with van der Waals surface area (Å²) in [6, 6.07) is 67.5. The first-order valence-corrected chi connectivity index (χ1v) is 18.7. The fraction of sp³-hybridized carbons (Fsp3) is 0. The second-order valence-corrected chi connectivity index (χ2v) is 14.5. The largest absolute Gasteiger partial charge is 0.456 e. The van der Waals surface area contributed by atoms with Crippen molar-refractivity contribution in [1.82, 2.24) is 0 Å². The van der Waals surface area contributed by atoms with E-state index >= 15 is 0 Å². The number of hydrogen-bond donors (Lipinski definition) is 0. The molecule has 0 amide bonds. The lowest BCUT2D eigenvalue weighted by Gasteiger charge is -2.28. The van der Waals surface area contributed by atoms with Gasteiger partial charge in [0.25, 0.3) is 0 Å². The van der Waals surface area contributed by atoms with Gasteiger partial charge in [-0.25, -0.2) is 0 Å². The van der Waals surface area contributed by atoms with Crippen molar-refractivity contribution in [2.75, 3.05) is 4.90 Å². The molecule has 2 aromatic heterocycles. The molecule has 0 spiro atoms. The first-order chi connectivity index (χ1) is 27.2. The zero-order valence-corrected chi connectivity index (χ0v) is 29.7. The van der Waals surface area contributed by atoms with Crippen LogP contribution in [-0.4, -0.2) is 0 Å². The first-order valence-electron chi connectivity index (χ1n) is 18.7. The molecule has 2 heterocycles. The van der Waals surface area contributed by atoms with Crippen LogP contribution in [0.5, 0.6) is 0 Å². The van der Waals surface area contributed by atoms with Gasteiger partial charge >= 0.3 is 0 Å². The van der Waals surface area contributed by atoms with E-state index < -0.39 is 0 Å². The van der Waals surface area contributed by atoms with Gasteiger partial charge < -0.3 is 13.7 Å². The maximum Gasteiger partial charge on any atom is 0.136 e. The lowest BCUT2D eigenvalue weighted by molar-refractivity contribution is 0.668. The van der Waals surface area contributed by atoms with Gasteiger partial charge in [-0.2, -0.15) is 0 Å². The van der Waals surface area contributed by atoms with E-state index in [4.69, 9.17) is 8.83 Å². The monoisotopic (exact) mass is 701 g/mol. The molecule has 0 fully saturated rings. The van der Waals surface area contributed by atoms with Crippen molar-refractivity contribution in [2.45, 2.75) is 0 Å². The molecule has 10 aromatic carbocycles. The van der Waals surface area contributed by atoms with Crippen LogP contribution in [0.2, 0.25) is 0 Å². The Morgan fingerprint density at radius 3 is 1.29 bits per heavy atom. The Morgan fingerprint density at radius 2 is 0.727 bits per heavy atom. The van der Waals surface area contributed by atoms with Crippen LogP contribution < -0.4 is 4.90 Å². The molecule has 0 atom stereocenters. The van der Waals surface area contributed by atoms with E-state index in [1.165, 1.54) is 32.3 Å². The zero-order valence-electron chi connectivity index (χ0n) is 29.7. The number of benzene rings is 10. The Balaban J connectivity index is 0.991. The summed E-state index contributed by atoms with van der Waals surface area (Å²) < 4.78 is 12.5. The summed E-state index contributed by atoms with van der Waals surface area (Å²) in [5.41, 5.74) is 11.4. The maximum atomic E-state index is 6.24. The summed E-state index contributed by atoms with van der Waals surface area (Å²) in [6.45, 7) is 0. The van der Waals surface area contributed by atoms with E-state index in [1.807, 2.05) is 24.3 Å². The second kappa shape index (κ2) is 11.6. The van der Waals surface area contributed by atoms with Crippen LogP contribution in [0.25, 0.3) is 98.4 Å². The molecule has 0 radical (unpaired) electrons. The first kappa shape index (κ1) is 30.1. The third-order valence-electron chi connectivity index (χ3n) is 11.4. The van der Waals surface area contributed by atoms with E-state index in [2.05, 4.69) is 169 Å². The van der Waals surface area contributed by atoms with E-state index in [0.29, 0.717) is 0 Å². The topological polar surface area (TPSA) is 29.5 Å². The van der Waals surface area contributed by atoms with Gasteiger partial charge in [0.2, 0.25) is 0 Å². The van der Waals surface area contributed by atoms with Gasteiger partial charge in [0.05, 0.1) is 5.69 Å². The van der Waals surface area contributed by atoms with E-state index in [1.54, 1.807) is 0 Å². The molecule has 3 heteroatoms. The van der Waals surface area contributed by atoms with E-state index in [-0.39, 0.29) is 0 Å². The number of rotatable bonds is 5. The quantitative estimate of drug-likeness (QED) is 0.167. The van der Waals surface area contributed by atoms with Crippen LogP contribution in [0.4, 0.5) is 17.1 Å². The van der Waals surface area contributed by atoms with E-state index in [0.717, 1.165) is 83.2 Å². The van der Waals surface area contributed by atoms with Gasteiger partial charge in [0, 0.05) is 38.3 Å². The molecule has 0 saturated carbocycles. The summed E-state index contributed by atoms with van der Waals surface area (Å²) in [6.07, 6.45) is 0. The maximum absolute atomic E-state index is 6.24. The highest BCUT2D eigenvalue weighted by Crippen LogP contribution is 2.45. The third-order valence-corrected chi connectivity index (χ3v) is 11.4. The summed E-state index contributed by atoms with van der Waals surface area (Å²) in [4.78, 5) is 2.39. The highest BCUT2D eigenvalue weighted by Gasteiger charge is 2.19. The molecule has 0 aliphatic heterocycles. The zero-order chi connectivity index (χ0) is 36.0. The van der Waals surface area contributed by atoms with Crippen molar-refractivity contribution in [3.05, 3.63) is 188 Å². The number of nitrogens with zero attached hydrogens (tertiary/aromatic N) is 1. The molecule has 256 valence electrons. The van der Waals surface area contributed by atoms with Crippen molar-refractivity contribution < 1.29 is 8.83 Å². The smallest absolute Gasteiger partial charge is 0.136 e. The van der Waals surface area contributed by atoms with Crippen LogP contribution in [0, 0.1) is 0 Å². The molecule has 12 rings (SSSR count). The summed E-state index contributed by atoms with van der Waals surface area (Å²) in [7, 11) is 0. The fourth-order valence-electron chi connectivity index (χ4n) is 8.76. The van der Waals surface area contributed by atoms with Gasteiger partial charge in [0.1, 0.15) is 22.3 Å². The predicted molar refractivity (Wildman–Crippen MR) is 230 cm³/mol. The molecular weight excluding hydrogens is 671 g/mol. The lowest BCUT2D eigenvalue weighted by atomic mass is 9.93. The normalized spacial score (nSPS) is 12.0. The Morgan fingerprint density at radius 1 is 0.291 bits per heavy atom. The number of para-hydroxylation sites is 2. The van der Waals surface area contributed by atoms with Crippen LogP contribution in [-0.2, 0) is 0 Å². The number of anilines is 3. The van der Waals surface area contributed by atoms with Crippen molar-refractivity contribution in [3.63, 3.8) is 0 Å². The van der Waals surface area contributed by atoms with Crippen LogP contribution in [0.15, 0.2) is 197 Å². The standard InChI is InChI=1S/C52H31NO2/c1-3-10-47-41(8-1)43-26-19-37(30-49(43)54-47)32-14-22-39(23-15-32)53(46-29-21-36-13-12-34-6-5-7-35-18-28-45(46)52(36)51(34)35)40-24-16-33(17-25-40)38-20-27-44-42-9-2-4-11-48(42)55-50(44)31-38/h1-31H. The summed E-state index contributed by atoms with van der Waals surface area (Å²) in [5.74, 6) is 0. The Bertz CT molecular complexity index is 3250. The average Bonchev–Trinajstić information content (AvgIpc) is 3.81. The predicted octanol–water partition coefficient (Wildman–Crippen LogP) is 15.2. The molecule has 55 heavy (non-hydrogen) atoms. The Labute approximate surface area is 316 Å². The molecule has 0 aliphatic rings. The Kier molecular flexibility index (Phi) is 6.34. The van der Waals surface area contributed by atoms with Crippen molar-refractivity contribution in [2.24, 2.45) is 0 Å². The Hall–Kier alpha value is -7.36. The van der Waals surface area contributed by atoms with Gasteiger partial charge in [0.15, 0.2) is 0 Å². The number of hydrogen-bond acceptors (Lipinski definition) is 3. The molecule has 0 saturated heterocycles. The molecule has 0 unspecified atom stereocenters. The van der Waals surface area contributed by atoms with Gasteiger partial charge in [-0.1, -0.05) is 121 Å². The minimum atomic E-state index is 0.901. The minimum absolute atomic E-state index is 0.901. The van der Waals surface area contributed by atoms with Crippen LogP contribution >= 0.6 is 0 Å².